The van der Waals surface area contributed by atoms with Gasteiger partial charge in [0.25, 0.3) is 0 Å². The first kappa shape index (κ1) is 27.9. The Morgan fingerprint density at radius 2 is 1.59 bits per heavy atom. The molecule has 3 aromatic carbocycles. The zero-order valence-electron chi connectivity index (χ0n) is 22.9. The minimum Gasteiger partial charge on any atom is -0.459 e. The van der Waals surface area contributed by atoms with Crippen molar-refractivity contribution < 1.29 is 14.3 Å². The highest BCUT2D eigenvalue weighted by molar-refractivity contribution is 6.07. The van der Waals surface area contributed by atoms with E-state index < -0.39 is 6.04 Å². The van der Waals surface area contributed by atoms with Gasteiger partial charge in [-0.1, -0.05) is 106 Å². The van der Waals surface area contributed by atoms with Crippen LogP contribution in [-0.2, 0) is 27.5 Å². The molecule has 39 heavy (non-hydrogen) atoms. The molecule has 202 valence electrons. The molecule has 0 fully saturated rings. The summed E-state index contributed by atoms with van der Waals surface area (Å²) in [6.45, 7) is 6.96. The summed E-state index contributed by atoms with van der Waals surface area (Å²) in [6, 6.07) is 25.1. The fourth-order valence-electron chi connectivity index (χ4n) is 4.71. The van der Waals surface area contributed by atoms with Crippen LogP contribution in [0.15, 0.2) is 94.3 Å². The number of carbonyl (C=O) groups is 2. The van der Waals surface area contributed by atoms with Crippen LogP contribution in [0.1, 0.15) is 56.7 Å². The fraction of sp³-hybridized carbons (Fsp3) is 0.344. The van der Waals surface area contributed by atoms with E-state index in [2.05, 4.69) is 28.4 Å². The number of rotatable bonds is 12. The summed E-state index contributed by atoms with van der Waals surface area (Å²) in [7, 11) is 0. The second-order valence-electron chi connectivity index (χ2n) is 10.1. The van der Waals surface area contributed by atoms with Gasteiger partial charge in [-0.2, -0.15) is 5.11 Å². The van der Waals surface area contributed by atoms with E-state index in [1.54, 1.807) is 4.90 Å². The van der Waals surface area contributed by atoms with E-state index in [0.29, 0.717) is 19.5 Å². The van der Waals surface area contributed by atoms with Crippen LogP contribution >= 0.6 is 0 Å². The average molecular weight is 525 g/mol. The number of hydrogen-bond acceptors (Lipinski definition) is 6. The van der Waals surface area contributed by atoms with Gasteiger partial charge in [0.2, 0.25) is 5.91 Å². The number of benzene rings is 3. The van der Waals surface area contributed by atoms with Gasteiger partial charge in [0.15, 0.2) is 0 Å². The van der Waals surface area contributed by atoms with Crippen molar-refractivity contribution in [1.29, 1.82) is 0 Å². The molecular formula is C32H36N4O3. The lowest BCUT2D eigenvalue weighted by Gasteiger charge is -2.33. The minimum atomic E-state index is -0.675. The number of carbonyl (C=O) groups excluding carboxylic acids is 2. The molecule has 3 aromatic rings. The largest absolute Gasteiger partial charge is 0.459 e. The summed E-state index contributed by atoms with van der Waals surface area (Å²) in [6.07, 6.45) is 2.08. The zero-order valence-corrected chi connectivity index (χ0v) is 22.9. The van der Waals surface area contributed by atoms with Gasteiger partial charge in [0, 0.05) is 18.5 Å². The van der Waals surface area contributed by atoms with E-state index in [4.69, 9.17) is 4.74 Å². The van der Waals surface area contributed by atoms with Crippen molar-refractivity contribution in [2.24, 2.45) is 21.4 Å². The molecular weight excluding hydrogens is 488 g/mol. The lowest BCUT2D eigenvalue weighted by atomic mass is 9.95. The van der Waals surface area contributed by atoms with Crippen LogP contribution in [0.2, 0.25) is 0 Å². The first-order valence-corrected chi connectivity index (χ1v) is 13.6. The van der Waals surface area contributed by atoms with Crippen LogP contribution in [0.25, 0.3) is 11.1 Å². The molecule has 0 N–H and O–H groups in total. The molecule has 1 heterocycles. The maximum Gasteiger partial charge on any atom is 0.329 e. The zero-order chi connectivity index (χ0) is 27.6. The first-order valence-electron chi connectivity index (χ1n) is 13.6. The lowest BCUT2D eigenvalue weighted by molar-refractivity contribution is -0.159. The molecule has 0 unspecified atom stereocenters. The summed E-state index contributed by atoms with van der Waals surface area (Å²) in [4.78, 5) is 28.4. The molecule has 0 saturated heterocycles. The highest BCUT2D eigenvalue weighted by Crippen LogP contribution is 2.27. The molecule has 0 aromatic heterocycles. The summed E-state index contributed by atoms with van der Waals surface area (Å²) in [5.74, 6) is -0.515. The molecule has 1 atom stereocenters. The summed E-state index contributed by atoms with van der Waals surface area (Å²) < 4.78 is 5.70. The quantitative estimate of drug-likeness (QED) is 0.244. The summed E-state index contributed by atoms with van der Waals surface area (Å²) in [5.41, 5.74) is 5.81. The molecule has 0 radical (unpaired) electrons. The fourth-order valence-corrected chi connectivity index (χ4v) is 4.71. The number of hydrogen-bond donors (Lipinski definition) is 0. The van der Waals surface area contributed by atoms with E-state index in [0.717, 1.165) is 46.4 Å². The standard InChI is InChI=1S/C32H36N4O3/c1-4-5-15-30(37)36(31(23(2)3)32(38)39-22-25-11-7-6-8-12-25)21-24-16-18-26(19-17-24)27-13-9-10-14-28(27)29-20-33-35-34-29/h6-14,16-19,23,31H,4-5,15,20-22H2,1-3H3/t31-/m0/s1. The molecule has 4 rings (SSSR count). The average Bonchev–Trinajstić information content (AvgIpc) is 3.50. The third-order valence-corrected chi connectivity index (χ3v) is 6.80. The molecule has 1 aliphatic rings. The van der Waals surface area contributed by atoms with Crippen molar-refractivity contribution in [3.8, 4) is 11.1 Å². The van der Waals surface area contributed by atoms with E-state index in [1.165, 1.54) is 0 Å². The maximum absolute atomic E-state index is 13.4. The summed E-state index contributed by atoms with van der Waals surface area (Å²) >= 11 is 0. The lowest BCUT2D eigenvalue weighted by Crippen LogP contribution is -2.48. The number of nitrogens with zero attached hydrogens (tertiary/aromatic N) is 4. The van der Waals surface area contributed by atoms with Crippen molar-refractivity contribution in [2.45, 2.75) is 59.2 Å². The molecule has 1 amide bonds. The molecule has 0 bridgehead atoms. The van der Waals surface area contributed by atoms with Gasteiger partial charge in [0.05, 0.1) is 5.71 Å². The van der Waals surface area contributed by atoms with Gasteiger partial charge in [-0.05, 0) is 39.8 Å². The van der Waals surface area contributed by atoms with Crippen molar-refractivity contribution in [2.75, 3.05) is 6.54 Å². The number of unbranched alkanes of at least 4 members (excludes halogenated alkanes) is 1. The van der Waals surface area contributed by atoms with E-state index in [1.807, 2.05) is 86.6 Å². The Balaban J connectivity index is 1.55. The van der Waals surface area contributed by atoms with Crippen LogP contribution in [0.3, 0.4) is 0 Å². The minimum absolute atomic E-state index is 0.0339. The molecule has 1 aliphatic heterocycles. The molecule has 0 saturated carbocycles. The Morgan fingerprint density at radius 1 is 0.897 bits per heavy atom. The Hall–Kier alpha value is -4.13. The van der Waals surface area contributed by atoms with Crippen molar-refractivity contribution in [1.82, 2.24) is 4.90 Å². The normalized spacial score (nSPS) is 13.3. The van der Waals surface area contributed by atoms with Crippen LogP contribution in [0.4, 0.5) is 0 Å². The highest BCUT2D eigenvalue weighted by Gasteiger charge is 2.33. The first-order chi connectivity index (χ1) is 19.0. The number of esters is 1. The van der Waals surface area contributed by atoms with Gasteiger partial charge in [-0.15, -0.1) is 5.10 Å². The van der Waals surface area contributed by atoms with E-state index in [-0.39, 0.29) is 24.4 Å². The third-order valence-electron chi connectivity index (χ3n) is 6.80. The van der Waals surface area contributed by atoms with Gasteiger partial charge in [0.1, 0.15) is 19.2 Å². The predicted molar refractivity (Wildman–Crippen MR) is 153 cm³/mol. The van der Waals surface area contributed by atoms with Crippen LogP contribution in [-0.4, -0.2) is 35.1 Å². The smallest absolute Gasteiger partial charge is 0.329 e. The molecule has 0 spiro atoms. The SMILES string of the molecule is CCCCC(=O)N(Cc1ccc(-c2ccccc2C2=NN=NC2)cc1)[C@H](C(=O)OCc1ccccc1)C(C)C. The Labute approximate surface area is 230 Å². The second kappa shape index (κ2) is 13.6. The number of amides is 1. The molecule has 7 heteroatoms. The maximum atomic E-state index is 13.4. The third kappa shape index (κ3) is 7.25. The monoisotopic (exact) mass is 524 g/mol. The van der Waals surface area contributed by atoms with Gasteiger partial charge < -0.3 is 9.64 Å². The highest BCUT2D eigenvalue weighted by atomic mass is 16.5. The Kier molecular flexibility index (Phi) is 9.73. The van der Waals surface area contributed by atoms with Crippen molar-refractivity contribution in [3.05, 3.63) is 95.6 Å². The molecule has 7 nitrogen and oxygen atoms in total. The van der Waals surface area contributed by atoms with Gasteiger partial charge >= 0.3 is 5.97 Å². The topological polar surface area (TPSA) is 83.7 Å². The van der Waals surface area contributed by atoms with Crippen molar-refractivity contribution in [3.63, 3.8) is 0 Å². The van der Waals surface area contributed by atoms with E-state index in [9.17, 15) is 9.59 Å². The van der Waals surface area contributed by atoms with Crippen LogP contribution < -0.4 is 0 Å². The Bertz CT molecular complexity index is 1320. The van der Waals surface area contributed by atoms with Gasteiger partial charge in [-0.25, -0.2) is 4.79 Å². The number of ether oxygens (including phenoxy) is 1. The van der Waals surface area contributed by atoms with Crippen LogP contribution in [0, 0.1) is 5.92 Å². The summed E-state index contributed by atoms with van der Waals surface area (Å²) in [5, 5.41) is 11.9. The predicted octanol–water partition coefficient (Wildman–Crippen LogP) is 6.81. The Morgan fingerprint density at radius 3 is 2.23 bits per heavy atom. The van der Waals surface area contributed by atoms with Crippen molar-refractivity contribution >= 4 is 17.6 Å². The van der Waals surface area contributed by atoms with E-state index >= 15 is 0 Å². The molecule has 0 aliphatic carbocycles. The second-order valence-corrected chi connectivity index (χ2v) is 10.1. The van der Waals surface area contributed by atoms with Crippen LogP contribution in [0.5, 0.6) is 0 Å². The van der Waals surface area contributed by atoms with Gasteiger partial charge in [-0.3, -0.25) is 4.79 Å².